The molecule has 0 heterocycles. The lowest BCUT2D eigenvalue weighted by Crippen LogP contribution is -2.32. The number of benzene rings is 1. The van der Waals surface area contributed by atoms with E-state index in [-0.39, 0.29) is 17.3 Å². The summed E-state index contributed by atoms with van der Waals surface area (Å²) in [6, 6.07) is 5.43. The largest absolute Gasteiger partial charge is 0.327 e. The Balaban J connectivity index is 2.49. The van der Waals surface area contributed by atoms with E-state index in [9.17, 15) is 4.39 Å². The lowest BCUT2D eigenvalue weighted by molar-refractivity contribution is 0.529. The number of hydrogen-bond donors (Lipinski definition) is 1. The zero-order valence-corrected chi connectivity index (χ0v) is 9.90. The van der Waals surface area contributed by atoms with Crippen LogP contribution in [-0.2, 0) is 5.41 Å². The van der Waals surface area contributed by atoms with E-state index in [1.807, 2.05) is 19.2 Å². The fraction of sp³-hybridized carbons (Fsp3) is 0.500. The minimum Gasteiger partial charge on any atom is -0.327 e. The Bertz CT molecular complexity index is 372. The van der Waals surface area contributed by atoms with Gasteiger partial charge in [0.2, 0.25) is 0 Å². The second kappa shape index (κ2) is 3.80. The van der Waals surface area contributed by atoms with E-state index in [4.69, 9.17) is 5.73 Å². The second-order valence-corrected chi connectivity index (χ2v) is 5.08. The quantitative estimate of drug-likeness (QED) is 0.800. The van der Waals surface area contributed by atoms with Crippen LogP contribution in [0, 0.1) is 5.82 Å². The van der Waals surface area contributed by atoms with E-state index in [1.54, 1.807) is 6.07 Å². The first-order valence-corrected chi connectivity index (χ1v) is 6.43. The fourth-order valence-corrected chi connectivity index (χ4v) is 2.97. The third-order valence-corrected chi connectivity index (χ3v) is 4.19. The summed E-state index contributed by atoms with van der Waals surface area (Å²) >= 11 is 1.48. The fourth-order valence-electron chi connectivity index (χ4n) is 2.21. The highest BCUT2D eigenvalue weighted by atomic mass is 32.2. The zero-order valence-electron chi connectivity index (χ0n) is 9.09. The molecule has 1 saturated carbocycles. The van der Waals surface area contributed by atoms with Gasteiger partial charge in [-0.2, -0.15) is 0 Å². The maximum atomic E-state index is 13.6. The van der Waals surface area contributed by atoms with E-state index >= 15 is 0 Å². The van der Waals surface area contributed by atoms with Gasteiger partial charge in [0.25, 0.3) is 0 Å². The molecule has 0 aromatic heterocycles. The molecule has 82 valence electrons. The lowest BCUT2D eigenvalue weighted by atomic mass is 9.89. The molecule has 2 rings (SSSR count). The summed E-state index contributed by atoms with van der Waals surface area (Å²) in [5, 5.41) is 0. The SMILES string of the molecule is CSc1c(F)cccc1C1(C(C)N)CC1. The normalized spacial score (nSPS) is 20.0. The summed E-state index contributed by atoms with van der Waals surface area (Å²) in [4.78, 5) is 0.771. The first-order valence-electron chi connectivity index (χ1n) is 5.20. The van der Waals surface area contributed by atoms with Crippen molar-refractivity contribution in [1.29, 1.82) is 0 Å². The number of halogens is 1. The highest BCUT2D eigenvalue weighted by Gasteiger charge is 2.48. The Kier molecular flexibility index (Phi) is 2.77. The second-order valence-electron chi connectivity index (χ2n) is 4.27. The van der Waals surface area contributed by atoms with Crippen LogP contribution in [-0.4, -0.2) is 12.3 Å². The van der Waals surface area contributed by atoms with Crippen molar-refractivity contribution < 1.29 is 4.39 Å². The van der Waals surface area contributed by atoms with Crippen molar-refractivity contribution in [1.82, 2.24) is 0 Å². The molecule has 1 fully saturated rings. The predicted octanol–water partition coefficient (Wildman–Crippen LogP) is 2.93. The van der Waals surface area contributed by atoms with E-state index in [2.05, 4.69) is 0 Å². The third kappa shape index (κ3) is 1.68. The van der Waals surface area contributed by atoms with Crippen LogP contribution in [0.3, 0.4) is 0 Å². The van der Waals surface area contributed by atoms with Gasteiger partial charge in [0, 0.05) is 16.4 Å². The van der Waals surface area contributed by atoms with Gasteiger partial charge < -0.3 is 5.73 Å². The lowest BCUT2D eigenvalue weighted by Gasteiger charge is -2.22. The summed E-state index contributed by atoms with van der Waals surface area (Å²) in [6.45, 7) is 2.02. The molecule has 2 N–H and O–H groups in total. The summed E-state index contributed by atoms with van der Waals surface area (Å²) < 4.78 is 13.6. The van der Waals surface area contributed by atoms with Crippen molar-refractivity contribution >= 4 is 11.8 Å². The summed E-state index contributed by atoms with van der Waals surface area (Å²) in [6.07, 6.45) is 4.09. The molecule has 0 saturated heterocycles. The van der Waals surface area contributed by atoms with Gasteiger partial charge in [-0.1, -0.05) is 12.1 Å². The van der Waals surface area contributed by atoms with E-state index in [1.165, 1.54) is 17.8 Å². The maximum absolute atomic E-state index is 13.6. The summed E-state index contributed by atoms with van der Waals surface area (Å²) in [5.74, 6) is -0.119. The Morgan fingerprint density at radius 1 is 1.47 bits per heavy atom. The molecule has 15 heavy (non-hydrogen) atoms. The first kappa shape index (κ1) is 11.0. The highest BCUT2D eigenvalue weighted by Crippen LogP contribution is 2.52. The molecule has 0 spiro atoms. The number of rotatable bonds is 3. The van der Waals surface area contributed by atoms with Crippen LogP contribution in [0.4, 0.5) is 4.39 Å². The Labute approximate surface area is 94.2 Å². The molecule has 0 amide bonds. The van der Waals surface area contributed by atoms with Crippen molar-refractivity contribution in [2.45, 2.75) is 36.1 Å². The molecular formula is C12H16FNS. The van der Waals surface area contributed by atoms with Crippen LogP contribution >= 0.6 is 11.8 Å². The minimum absolute atomic E-state index is 0.0421. The molecule has 0 bridgehead atoms. The Morgan fingerprint density at radius 3 is 2.60 bits per heavy atom. The average molecular weight is 225 g/mol. The third-order valence-electron chi connectivity index (χ3n) is 3.37. The Hall–Kier alpha value is -0.540. The van der Waals surface area contributed by atoms with Gasteiger partial charge in [0.05, 0.1) is 0 Å². The van der Waals surface area contributed by atoms with Gasteiger partial charge in [-0.05, 0) is 37.7 Å². The molecule has 1 aliphatic rings. The highest BCUT2D eigenvalue weighted by molar-refractivity contribution is 7.98. The van der Waals surface area contributed by atoms with Crippen molar-refractivity contribution in [3.63, 3.8) is 0 Å². The molecule has 1 atom stereocenters. The monoisotopic (exact) mass is 225 g/mol. The van der Waals surface area contributed by atoms with Gasteiger partial charge in [0.1, 0.15) is 5.82 Å². The van der Waals surface area contributed by atoms with Crippen LogP contribution in [0.25, 0.3) is 0 Å². The average Bonchev–Trinajstić information content (AvgIpc) is 2.98. The molecular weight excluding hydrogens is 209 g/mol. The van der Waals surface area contributed by atoms with Crippen LogP contribution in [0.5, 0.6) is 0 Å². The van der Waals surface area contributed by atoms with Crippen LogP contribution in [0.15, 0.2) is 23.1 Å². The molecule has 1 unspecified atom stereocenters. The standard InChI is InChI=1S/C12H16FNS/c1-8(14)12(6-7-12)9-4-3-5-10(13)11(9)15-2/h3-5,8H,6-7,14H2,1-2H3. The van der Waals surface area contributed by atoms with Gasteiger partial charge in [-0.25, -0.2) is 4.39 Å². The van der Waals surface area contributed by atoms with Crippen molar-refractivity contribution in [3.05, 3.63) is 29.6 Å². The van der Waals surface area contributed by atoms with E-state index < -0.39 is 0 Å². The maximum Gasteiger partial charge on any atom is 0.137 e. The minimum atomic E-state index is -0.119. The predicted molar refractivity (Wildman–Crippen MR) is 62.7 cm³/mol. The van der Waals surface area contributed by atoms with E-state index in [0.717, 1.165) is 23.3 Å². The number of hydrogen-bond acceptors (Lipinski definition) is 2. The Morgan fingerprint density at radius 2 is 2.13 bits per heavy atom. The first-order chi connectivity index (χ1) is 7.12. The van der Waals surface area contributed by atoms with Gasteiger partial charge in [-0.3, -0.25) is 0 Å². The van der Waals surface area contributed by atoms with Crippen molar-refractivity contribution in [2.24, 2.45) is 5.73 Å². The van der Waals surface area contributed by atoms with Crippen LogP contribution < -0.4 is 5.73 Å². The topological polar surface area (TPSA) is 26.0 Å². The van der Waals surface area contributed by atoms with E-state index in [0.29, 0.717) is 0 Å². The molecule has 1 nitrogen and oxygen atoms in total. The van der Waals surface area contributed by atoms with Crippen LogP contribution in [0.2, 0.25) is 0 Å². The molecule has 3 heteroatoms. The zero-order chi connectivity index (χ0) is 11.1. The van der Waals surface area contributed by atoms with Crippen LogP contribution in [0.1, 0.15) is 25.3 Å². The number of nitrogens with two attached hydrogens (primary N) is 1. The summed E-state index contributed by atoms with van der Waals surface area (Å²) in [7, 11) is 0. The molecule has 1 aromatic carbocycles. The summed E-state index contributed by atoms with van der Waals surface area (Å²) in [5.41, 5.74) is 7.15. The smallest absolute Gasteiger partial charge is 0.137 e. The van der Waals surface area contributed by atoms with Gasteiger partial charge in [0.15, 0.2) is 0 Å². The number of thioether (sulfide) groups is 1. The molecule has 0 aliphatic heterocycles. The van der Waals surface area contributed by atoms with Crippen molar-refractivity contribution in [3.8, 4) is 0 Å². The van der Waals surface area contributed by atoms with Gasteiger partial charge >= 0.3 is 0 Å². The molecule has 1 aliphatic carbocycles. The molecule has 0 radical (unpaired) electrons. The molecule has 1 aromatic rings. The van der Waals surface area contributed by atoms with Gasteiger partial charge in [-0.15, -0.1) is 11.8 Å². The van der Waals surface area contributed by atoms with Crippen molar-refractivity contribution in [2.75, 3.05) is 6.26 Å².